The second-order valence-electron chi connectivity index (χ2n) is 4.73. The molecule has 0 saturated heterocycles. The van der Waals surface area contributed by atoms with Gasteiger partial charge in [-0.05, 0) is 25.0 Å². The minimum Gasteiger partial charge on any atom is -0.383 e. The lowest BCUT2D eigenvalue weighted by Crippen LogP contribution is -2.38. The molecule has 0 aliphatic heterocycles. The number of anilines is 1. The Bertz CT molecular complexity index is 584. The van der Waals surface area contributed by atoms with Crippen molar-refractivity contribution in [3.8, 4) is 0 Å². The van der Waals surface area contributed by atoms with Crippen LogP contribution in [0.15, 0.2) is 18.2 Å². The fourth-order valence-corrected chi connectivity index (χ4v) is 1.89. The highest BCUT2D eigenvalue weighted by Gasteiger charge is 2.26. The minimum atomic E-state index is -0.648. The van der Waals surface area contributed by atoms with E-state index in [2.05, 4.69) is 16.0 Å². The molecule has 0 heterocycles. The maximum absolute atomic E-state index is 12.0. The van der Waals surface area contributed by atoms with Crippen molar-refractivity contribution in [3.63, 3.8) is 0 Å². The molecule has 8 nitrogen and oxygen atoms in total. The van der Waals surface area contributed by atoms with Gasteiger partial charge < -0.3 is 16.0 Å². The van der Waals surface area contributed by atoms with Crippen LogP contribution in [0.3, 0.4) is 0 Å². The van der Waals surface area contributed by atoms with Crippen LogP contribution in [-0.2, 0) is 4.79 Å². The first kappa shape index (κ1) is 14.8. The van der Waals surface area contributed by atoms with E-state index in [9.17, 15) is 19.7 Å². The highest BCUT2D eigenvalue weighted by molar-refractivity contribution is 6.01. The van der Waals surface area contributed by atoms with Gasteiger partial charge in [0.2, 0.25) is 5.91 Å². The van der Waals surface area contributed by atoms with Crippen molar-refractivity contribution in [2.45, 2.75) is 18.9 Å². The van der Waals surface area contributed by atoms with Crippen molar-refractivity contribution >= 4 is 23.2 Å². The third kappa shape index (κ3) is 3.68. The van der Waals surface area contributed by atoms with Gasteiger partial charge in [0.25, 0.3) is 5.91 Å². The highest BCUT2D eigenvalue weighted by atomic mass is 16.6. The molecule has 3 N–H and O–H groups in total. The van der Waals surface area contributed by atoms with E-state index in [1.54, 1.807) is 0 Å². The fourth-order valence-electron chi connectivity index (χ4n) is 1.89. The van der Waals surface area contributed by atoms with E-state index >= 15 is 0 Å². The number of hydrogen-bond donors (Lipinski definition) is 3. The molecule has 0 radical (unpaired) electrons. The number of benzene rings is 1. The number of nitrogens with zero attached hydrogens (tertiary/aromatic N) is 1. The van der Waals surface area contributed by atoms with Crippen LogP contribution in [0.25, 0.3) is 0 Å². The number of nitro groups is 1. The van der Waals surface area contributed by atoms with Crippen molar-refractivity contribution in [1.82, 2.24) is 10.6 Å². The van der Waals surface area contributed by atoms with Crippen LogP contribution in [0.4, 0.5) is 11.4 Å². The number of nitro benzene ring substituents is 1. The van der Waals surface area contributed by atoms with Gasteiger partial charge in [-0.3, -0.25) is 19.7 Å². The molecule has 1 aliphatic carbocycles. The maximum atomic E-state index is 12.0. The van der Waals surface area contributed by atoms with Crippen molar-refractivity contribution in [3.05, 3.63) is 33.9 Å². The molecular formula is C13H16N4O4. The largest absolute Gasteiger partial charge is 0.383 e. The summed E-state index contributed by atoms with van der Waals surface area (Å²) in [5.41, 5.74) is -0.138. The summed E-state index contributed by atoms with van der Waals surface area (Å²) in [5, 5.41) is 18.9. The standard InChI is InChI=1S/C13H16N4O4/c1-14-10-4-2-3-9(12(10)17(20)21)13(19)15-7-11(18)16-8-5-6-8/h2-4,8,14H,5-7H2,1H3,(H,15,19)(H,16,18). The lowest BCUT2D eigenvalue weighted by Gasteiger charge is -2.08. The molecule has 21 heavy (non-hydrogen) atoms. The first-order valence-corrected chi connectivity index (χ1v) is 6.55. The number of hydrogen-bond acceptors (Lipinski definition) is 5. The normalized spacial score (nSPS) is 13.4. The third-order valence-corrected chi connectivity index (χ3v) is 3.08. The van der Waals surface area contributed by atoms with Gasteiger partial charge in [0.1, 0.15) is 11.3 Å². The molecule has 0 bridgehead atoms. The van der Waals surface area contributed by atoms with Gasteiger partial charge in [-0.15, -0.1) is 0 Å². The SMILES string of the molecule is CNc1cccc(C(=O)NCC(=O)NC2CC2)c1[N+](=O)[O-]. The zero-order valence-corrected chi connectivity index (χ0v) is 11.5. The molecule has 0 unspecified atom stereocenters. The van der Waals surface area contributed by atoms with Gasteiger partial charge in [0, 0.05) is 13.1 Å². The van der Waals surface area contributed by atoms with Crippen LogP contribution in [0.5, 0.6) is 0 Å². The first-order chi connectivity index (χ1) is 10.0. The quantitative estimate of drug-likeness (QED) is 0.526. The lowest BCUT2D eigenvalue weighted by molar-refractivity contribution is -0.384. The summed E-state index contributed by atoms with van der Waals surface area (Å²) in [5.74, 6) is -0.942. The molecule has 8 heteroatoms. The van der Waals surface area contributed by atoms with Crippen LogP contribution < -0.4 is 16.0 Å². The Kier molecular flexibility index (Phi) is 4.36. The summed E-state index contributed by atoms with van der Waals surface area (Å²) in [7, 11) is 1.53. The molecule has 0 atom stereocenters. The van der Waals surface area contributed by atoms with Crippen molar-refractivity contribution in [2.75, 3.05) is 18.9 Å². The van der Waals surface area contributed by atoms with E-state index in [4.69, 9.17) is 0 Å². The molecule has 2 amide bonds. The van der Waals surface area contributed by atoms with Gasteiger partial charge >= 0.3 is 5.69 Å². The van der Waals surface area contributed by atoms with Gasteiger partial charge in [-0.2, -0.15) is 0 Å². The Hall–Kier alpha value is -2.64. The zero-order chi connectivity index (χ0) is 15.4. The van der Waals surface area contributed by atoms with Crippen LogP contribution >= 0.6 is 0 Å². The van der Waals surface area contributed by atoms with E-state index in [-0.39, 0.29) is 35.4 Å². The summed E-state index contributed by atoms with van der Waals surface area (Å²) in [6.07, 6.45) is 1.91. The number of nitrogens with one attached hydrogen (secondary N) is 3. The summed E-state index contributed by atoms with van der Waals surface area (Å²) >= 11 is 0. The second kappa shape index (κ2) is 6.21. The van der Waals surface area contributed by atoms with Crippen molar-refractivity contribution < 1.29 is 14.5 Å². The average Bonchev–Trinajstić information content (AvgIpc) is 3.27. The van der Waals surface area contributed by atoms with Crippen LogP contribution in [0.1, 0.15) is 23.2 Å². The number of rotatable bonds is 6. The molecule has 1 aromatic rings. The Morgan fingerprint density at radius 3 is 2.67 bits per heavy atom. The maximum Gasteiger partial charge on any atom is 0.305 e. The fraction of sp³-hybridized carbons (Fsp3) is 0.385. The smallest absolute Gasteiger partial charge is 0.305 e. The third-order valence-electron chi connectivity index (χ3n) is 3.08. The summed E-state index contributed by atoms with van der Waals surface area (Å²) < 4.78 is 0. The number of carbonyl (C=O) groups excluding carboxylic acids is 2. The number of para-hydroxylation sites is 1. The van der Waals surface area contributed by atoms with Crippen molar-refractivity contribution in [1.29, 1.82) is 0 Å². The minimum absolute atomic E-state index is 0.0777. The van der Waals surface area contributed by atoms with Gasteiger partial charge in [0.05, 0.1) is 11.5 Å². The zero-order valence-electron chi connectivity index (χ0n) is 11.5. The molecule has 0 spiro atoms. The molecule has 1 aromatic carbocycles. The molecule has 1 fully saturated rings. The lowest BCUT2D eigenvalue weighted by atomic mass is 10.1. The predicted molar refractivity (Wildman–Crippen MR) is 76.1 cm³/mol. The van der Waals surface area contributed by atoms with E-state index in [0.29, 0.717) is 0 Å². The van der Waals surface area contributed by atoms with E-state index in [1.807, 2.05) is 0 Å². The van der Waals surface area contributed by atoms with Crippen LogP contribution in [0.2, 0.25) is 0 Å². The van der Waals surface area contributed by atoms with Crippen LogP contribution in [0, 0.1) is 10.1 Å². The molecule has 1 aliphatic rings. The van der Waals surface area contributed by atoms with Gasteiger partial charge in [0.15, 0.2) is 0 Å². The highest BCUT2D eigenvalue weighted by Crippen LogP contribution is 2.28. The average molecular weight is 292 g/mol. The second-order valence-corrected chi connectivity index (χ2v) is 4.73. The molecular weight excluding hydrogens is 276 g/mol. The Morgan fingerprint density at radius 1 is 1.38 bits per heavy atom. The van der Waals surface area contributed by atoms with Gasteiger partial charge in [-0.1, -0.05) is 6.07 Å². The van der Waals surface area contributed by atoms with Crippen LogP contribution in [-0.4, -0.2) is 36.4 Å². The predicted octanol–water partition coefficient (Wildman–Crippen LogP) is 0.645. The van der Waals surface area contributed by atoms with Gasteiger partial charge in [-0.25, -0.2) is 0 Å². The summed E-state index contributed by atoms with van der Waals surface area (Å²) in [6.45, 7) is -0.198. The van der Waals surface area contributed by atoms with E-state index in [0.717, 1.165) is 12.8 Å². The van der Waals surface area contributed by atoms with E-state index < -0.39 is 10.8 Å². The number of amides is 2. The summed E-state index contributed by atoms with van der Waals surface area (Å²) in [6, 6.07) is 4.61. The number of carbonyl (C=O) groups is 2. The molecule has 0 aromatic heterocycles. The molecule has 112 valence electrons. The monoisotopic (exact) mass is 292 g/mol. The topological polar surface area (TPSA) is 113 Å². The molecule has 1 saturated carbocycles. The van der Waals surface area contributed by atoms with Crippen molar-refractivity contribution in [2.24, 2.45) is 0 Å². The molecule has 2 rings (SSSR count). The van der Waals surface area contributed by atoms with E-state index in [1.165, 1.54) is 25.2 Å². The first-order valence-electron chi connectivity index (χ1n) is 6.55. The Balaban J connectivity index is 2.07. The summed E-state index contributed by atoms with van der Waals surface area (Å²) in [4.78, 5) is 34.0. The Labute approximate surface area is 121 Å². The Morgan fingerprint density at radius 2 is 2.10 bits per heavy atom.